The molecule has 0 bridgehead atoms. The number of hydrogen-bond donors (Lipinski definition) is 2. The molecule has 0 saturated heterocycles. The van der Waals surface area contributed by atoms with E-state index in [0.717, 1.165) is 5.56 Å². The normalized spacial score (nSPS) is 19.9. The average molecular weight is 193 g/mol. The lowest BCUT2D eigenvalue weighted by molar-refractivity contribution is 0.0331. The summed E-state index contributed by atoms with van der Waals surface area (Å²) in [7, 11) is 0. The molecule has 4 heteroatoms. The zero-order chi connectivity index (χ0) is 9.97. The van der Waals surface area contributed by atoms with Crippen LogP contribution in [-0.4, -0.2) is 17.5 Å². The molecule has 74 valence electrons. The number of nitrogens with one attached hydrogen (secondary N) is 1. The zero-order valence-corrected chi connectivity index (χ0v) is 7.56. The minimum Gasteiger partial charge on any atom is -0.450 e. The van der Waals surface area contributed by atoms with Crippen LogP contribution in [-0.2, 0) is 17.7 Å². The van der Waals surface area contributed by atoms with Crippen LogP contribution in [0.3, 0.4) is 0 Å². The number of carboxylic acid groups (broad SMARTS) is 1. The maximum absolute atomic E-state index is 10.3. The average Bonchev–Trinajstić information content (AvgIpc) is 2.17. The first-order valence-corrected chi connectivity index (χ1v) is 4.45. The molecular formula is C10H11NO3. The van der Waals surface area contributed by atoms with Gasteiger partial charge in [0, 0.05) is 13.0 Å². The summed E-state index contributed by atoms with van der Waals surface area (Å²) in [4.78, 5) is 10.3. The number of benzene rings is 1. The minimum absolute atomic E-state index is 0.414. The van der Waals surface area contributed by atoms with Gasteiger partial charge in [-0.25, -0.2) is 4.79 Å². The summed E-state index contributed by atoms with van der Waals surface area (Å²) < 4.78 is 4.65. The number of ether oxygens (including phenoxy) is 1. The highest BCUT2D eigenvalue weighted by atomic mass is 16.7. The fraction of sp³-hybridized carbons (Fsp3) is 0.300. The Morgan fingerprint density at radius 1 is 1.43 bits per heavy atom. The Bertz CT molecular complexity index is 351. The van der Waals surface area contributed by atoms with Crippen molar-refractivity contribution in [3.8, 4) is 0 Å². The van der Waals surface area contributed by atoms with Gasteiger partial charge in [-0.15, -0.1) is 0 Å². The van der Waals surface area contributed by atoms with Gasteiger partial charge < -0.3 is 9.84 Å². The smallest absolute Gasteiger partial charge is 0.450 e. The van der Waals surface area contributed by atoms with Gasteiger partial charge in [0.1, 0.15) is 0 Å². The highest BCUT2D eigenvalue weighted by Crippen LogP contribution is 2.16. The van der Waals surface area contributed by atoms with Crippen LogP contribution in [0, 0.1) is 0 Å². The summed E-state index contributed by atoms with van der Waals surface area (Å²) in [5.41, 5.74) is 2.36. The first kappa shape index (κ1) is 9.02. The van der Waals surface area contributed by atoms with Crippen LogP contribution in [0.5, 0.6) is 0 Å². The summed E-state index contributed by atoms with van der Waals surface area (Å²) in [5.74, 6) is 0. The standard InChI is InChI=1S/C10H11NO3/c12-10(13)14-9-5-7-3-1-2-4-8(7)6-11-9/h1-4,9,11H,5-6H2,(H,12,13)/t9-/m1/s1. The molecule has 0 unspecified atom stereocenters. The van der Waals surface area contributed by atoms with E-state index in [2.05, 4.69) is 10.1 Å². The molecule has 0 radical (unpaired) electrons. The van der Waals surface area contributed by atoms with Gasteiger partial charge in [-0.05, 0) is 11.1 Å². The van der Waals surface area contributed by atoms with Crippen LogP contribution < -0.4 is 5.32 Å². The van der Waals surface area contributed by atoms with Crippen LogP contribution in [0.4, 0.5) is 4.79 Å². The fourth-order valence-corrected chi connectivity index (χ4v) is 1.63. The van der Waals surface area contributed by atoms with Crippen molar-refractivity contribution in [2.75, 3.05) is 0 Å². The van der Waals surface area contributed by atoms with E-state index in [9.17, 15) is 4.79 Å². The minimum atomic E-state index is -1.23. The Morgan fingerprint density at radius 3 is 2.86 bits per heavy atom. The third kappa shape index (κ3) is 1.85. The number of rotatable bonds is 1. The summed E-state index contributed by atoms with van der Waals surface area (Å²) in [6.07, 6.45) is -1.05. The Labute approximate surface area is 81.5 Å². The first-order chi connectivity index (χ1) is 6.75. The van der Waals surface area contributed by atoms with Gasteiger partial charge in [0.2, 0.25) is 0 Å². The molecule has 1 atom stereocenters. The third-order valence-corrected chi connectivity index (χ3v) is 2.29. The number of carbonyl (C=O) groups is 1. The molecule has 0 amide bonds. The highest BCUT2D eigenvalue weighted by Gasteiger charge is 2.19. The van der Waals surface area contributed by atoms with Crippen LogP contribution in [0.2, 0.25) is 0 Å². The van der Waals surface area contributed by atoms with Crippen LogP contribution in [0.1, 0.15) is 11.1 Å². The maximum Gasteiger partial charge on any atom is 0.507 e. The van der Waals surface area contributed by atoms with E-state index in [0.29, 0.717) is 13.0 Å². The van der Waals surface area contributed by atoms with Crippen molar-refractivity contribution < 1.29 is 14.6 Å². The molecule has 1 aliphatic rings. The second kappa shape index (κ2) is 3.67. The Kier molecular flexibility index (Phi) is 2.37. The molecule has 0 aliphatic carbocycles. The van der Waals surface area contributed by atoms with Crippen molar-refractivity contribution in [1.82, 2.24) is 5.32 Å². The van der Waals surface area contributed by atoms with E-state index >= 15 is 0 Å². The van der Waals surface area contributed by atoms with Crippen molar-refractivity contribution in [2.24, 2.45) is 0 Å². The molecule has 0 saturated carbocycles. The van der Waals surface area contributed by atoms with Gasteiger partial charge in [-0.2, -0.15) is 0 Å². The summed E-state index contributed by atoms with van der Waals surface area (Å²) in [5, 5.41) is 11.5. The van der Waals surface area contributed by atoms with Crippen molar-refractivity contribution in [1.29, 1.82) is 0 Å². The van der Waals surface area contributed by atoms with Gasteiger partial charge >= 0.3 is 6.16 Å². The molecule has 0 spiro atoms. The lowest BCUT2D eigenvalue weighted by Gasteiger charge is -2.24. The first-order valence-electron chi connectivity index (χ1n) is 4.45. The zero-order valence-electron chi connectivity index (χ0n) is 7.56. The molecule has 4 nitrogen and oxygen atoms in total. The van der Waals surface area contributed by atoms with Crippen LogP contribution in [0.25, 0.3) is 0 Å². The molecule has 1 heterocycles. The molecule has 2 N–H and O–H groups in total. The molecule has 0 aromatic heterocycles. The Hall–Kier alpha value is -1.55. The van der Waals surface area contributed by atoms with Crippen molar-refractivity contribution >= 4 is 6.16 Å². The van der Waals surface area contributed by atoms with Gasteiger partial charge in [-0.3, -0.25) is 5.32 Å². The summed E-state index contributed by atoms with van der Waals surface area (Å²) in [6.45, 7) is 0.661. The highest BCUT2D eigenvalue weighted by molar-refractivity contribution is 5.57. The lowest BCUT2D eigenvalue weighted by Crippen LogP contribution is -2.38. The largest absolute Gasteiger partial charge is 0.507 e. The Morgan fingerprint density at radius 2 is 2.14 bits per heavy atom. The van der Waals surface area contributed by atoms with E-state index in [1.807, 2.05) is 24.3 Å². The predicted octanol–water partition coefficient (Wildman–Crippen LogP) is 1.35. The van der Waals surface area contributed by atoms with E-state index in [4.69, 9.17) is 5.11 Å². The molecule has 0 fully saturated rings. The number of fused-ring (bicyclic) bond motifs is 1. The van der Waals surface area contributed by atoms with Gasteiger partial charge in [0.15, 0.2) is 6.23 Å². The van der Waals surface area contributed by atoms with Gasteiger partial charge in [0.25, 0.3) is 0 Å². The molecule has 1 aliphatic heterocycles. The van der Waals surface area contributed by atoms with E-state index in [1.54, 1.807) is 0 Å². The fourth-order valence-electron chi connectivity index (χ4n) is 1.63. The third-order valence-electron chi connectivity index (χ3n) is 2.29. The van der Waals surface area contributed by atoms with Crippen LogP contribution in [0.15, 0.2) is 24.3 Å². The monoisotopic (exact) mass is 193 g/mol. The van der Waals surface area contributed by atoms with Crippen molar-refractivity contribution in [3.05, 3.63) is 35.4 Å². The Balaban J connectivity index is 2.09. The van der Waals surface area contributed by atoms with Crippen LogP contribution >= 0.6 is 0 Å². The van der Waals surface area contributed by atoms with Gasteiger partial charge in [-0.1, -0.05) is 24.3 Å². The van der Waals surface area contributed by atoms with E-state index in [1.165, 1.54) is 5.56 Å². The molecular weight excluding hydrogens is 182 g/mol. The lowest BCUT2D eigenvalue weighted by atomic mass is 10.0. The van der Waals surface area contributed by atoms with Crippen molar-refractivity contribution in [3.63, 3.8) is 0 Å². The second-order valence-corrected chi connectivity index (χ2v) is 3.23. The molecule has 1 aromatic carbocycles. The second-order valence-electron chi connectivity index (χ2n) is 3.23. The topological polar surface area (TPSA) is 58.6 Å². The quantitative estimate of drug-likeness (QED) is 0.661. The SMILES string of the molecule is O=C(O)O[C@@H]1Cc2ccccc2CN1. The number of hydrogen-bond acceptors (Lipinski definition) is 3. The maximum atomic E-state index is 10.3. The summed E-state index contributed by atoms with van der Waals surface area (Å²) >= 11 is 0. The van der Waals surface area contributed by atoms with Crippen molar-refractivity contribution in [2.45, 2.75) is 19.2 Å². The van der Waals surface area contributed by atoms with E-state index in [-0.39, 0.29) is 0 Å². The molecule has 14 heavy (non-hydrogen) atoms. The summed E-state index contributed by atoms with van der Waals surface area (Å²) in [6, 6.07) is 7.94. The van der Waals surface area contributed by atoms with E-state index < -0.39 is 12.4 Å². The molecule has 1 aromatic rings. The molecule has 2 rings (SSSR count). The van der Waals surface area contributed by atoms with Gasteiger partial charge in [0.05, 0.1) is 0 Å². The predicted molar refractivity (Wildman–Crippen MR) is 49.9 cm³/mol.